The van der Waals surface area contributed by atoms with Crippen LogP contribution >= 0.6 is 15.9 Å². The van der Waals surface area contributed by atoms with Crippen LogP contribution in [0, 0.1) is 0 Å². The van der Waals surface area contributed by atoms with Crippen LogP contribution in [0.3, 0.4) is 0 Å². The number of nitrogen functional groups attached to an aromatic ring is 1. The highest BCUT2D eigenvalue weighted by atomic mass is 79.9. The molecule has 1 amide bonds. The lowest BCUT2D eigenvalue weighted by Crippen LogP contribution is -2.33. The van der Waals surface area contributed by atoms with Gasteiger partial charge in [0.05, 0.1) is 5.56 Å². The molecule has 4 heteroatoms. The molecule has 0 aromatic heterocycles. The molecule has 0 radical (unpaired) electrons. The van der Waals surface area contributed by atoms with Crippen LogP contribution in [0.25, 0.3) is 0 Å². The molecule has 3 nitrogen and oxygen atoms in total. The zero-order chi connectivity index (χ0) is 15.2. The average molecular weight is 347 g/mol. The molecule has 2 rings (SSSR count). The highest BCUT2D eigenvalue weighted by Gasteiger charge is 2.13. The van der Waals surface area contributed by atoms with E-state index in [1.807, 2.05) is 25.1 Å². The third-order valence-corrected chi connectivity index (χ3v) is 4.01. The first-order valence-corrected chi connectivity index (χ1v) is 7.75. The first-order chi connectivity index (χ1) is 10.1. The van der Waals surface area contributed by atoms with E-state index in [2.05, 4.69) is 33.4 Å². The lowest BCUT2D eigenvalue weighted by Gasteiger charge is -2.15. The van der Waals surface area contributed by atoms with E-state index in [1.165, 1.54) is 5.56 Å². The van der Waals surface area contributed by atoms with Gasteiger partial charge in [-0.15, -0.1) is 0 Å². The second-order valence-corrected chi connectivity index (χ2v) is 5.99. The van der Waals surface area contributed by atoms with E-state index in [9.17, 15) is 4.79 Å². The van der Waals surface area contributed by atoms with E-state index in [0.717, 1.165) is 17.3 Å². The largest absolute Gasteiger partial charge is 0.399 e. The van der Waals surface area contributed by atoms with Gasteiger partial charge < -0.3 is 11.1 Å². The van der Waals surface area contributed by atoms with E-state index in [0.29, 0.717) is 11.3 Å². The molecule has 110 valence electrons. The molecule has 0 spiro atoms. The second kappa shape index (κ2) is 7.27. The number of benzene rings is 2. The molecule has 2 aromatic carbocycles. The van der Waals surface area contributed by atoms with Gasteiger partial charge in [0, 0.05) is 16.2 Å². The Morgan fingerprint density at radius 3 is 2.67 bits per heavy atom. The molecule has 1 unspecified atom stereocenters. The van der Waals surface area contributed by atoms with Crippen LogP contribution in [0.1, 0.15) is 29.3 Å². The summed E-state index contributed by atoms with van der Waals surface area (Å²) in [5.41, 5.74) is 8.17. The molecule has 0 aliphatic carbocycles. The van der Waals surface area contributed by atoms with Gasteiger partial charge in [-0.3, -0.25) is 4.79 Å². The number of amides is 1. The molecular formula is C17H19BrN2O. The van der Waals surface area contributed by atoms with E-state index in [4.69, 9.17) is 5.73 Å². The number of nitrogens with one attached hydrogen (secondary N) is 1. The molecule has 1 atom stereocenters. The Kier molecular flexibility index (Phi) is 5.39. The van der Waals surface area contributed by atoms with Crippen molar-refractivity contribution in [2.75, 3.05) is 5.73 Å². The number of anilines is 1. The summed E-state index contributed by atoms with van der Waals surface area (Å²) in [5, 5.41) is 3.01. The van der Waals surface area contributed by atoms with E-state index < -0.39 is 0 Å². The number of hydrogen-bond acceptors (Lipinski definition) is 2. The van der Waals surface area contributed by atoms with Crippen molar-refractivity contribution in [2.24, 2.45) is 0 Å². The summed E-state index contributed by atoms with van der Waals surface area (Å²) in [7, 11) is 0. The van der Waals surface area contributed by atoms with Crippen molar-refractivity contribution in [1.29, 1.82) is 0 Å². The lowest BCUT2D eigenvalue weighted by molar-refractivity contribution is 0.0937. The molecule has 21 heavy (non-hydrogen) atoms. The smallest absolute Gasteiger partial charge is 0.252 e. The Hall–Kier alpha value is -1.81. The lowest BCUT2D eigenvalue weighted by atomic mass is 10.1. The number of aryl methyl sites for hydroxylation is 1. The zero-order valence-electron chi connectivity index (χ0n) is 12.0. The van der Waals surface area contributed by atoms with Crippen molar-refractivity contribution in [3.05, 3.63) is 64.1 Å². The Balaban J connectivity index is 1.91. The fourth-order valence-electron chi connectivity index (χ4n) is 2.12. The topological polar surface area (TPSA) is 55.1 Å². The molecule has 0 saturated heterocycles. The van der Waals surface area contributed by atoms with E-state index in [1.54, 1.807) is 18.2 Å². The van der Waals surface area contributed by atoms with Gasteiger partial charge in [0.15, 0.2) is 0 Å². The molecule has 2 aromatic rings. The maximum absolute atomic E-state index is 12.2. The fraction of sp³-hybridized carbons (Fsp3) is 0.235. The van der Waals surface area contributed by atoms with Gasteiger partial charge >= 0.3 is 0 Å². The van der Waals surface area contributed by atoms with Gasteiger partial charge in [-0.25, -0.2) is 0 Å². The number of rotatable bonds is 5. The monoisotopic (exact) mass is 346 g/mol. The zero-order valence-corrected chi connectivity index (χ0v) is 13.6. The Labute approximate surface area is 133 Å². The van der Waals surface area contributed by atoms with Crippen LogP contribution in [0.5, 0.6) is 0 Å². The normalized spacial score (nSPS) is 11.9. The highest BCUT2D eigenvalue weighted by molar-refractivity contribution is 9.10. The minimum Gasteiger partial charge on any atom is -0.399 e. The van der Waals surface area contributed by atoms with Gasteiger partial charge in [0.1, 0.15) is 0 Å². The molecule has 0 aliphatic rings. The third kappa shape index (κ3) is 4.60. The van der Waals surface area contributed by atoms with Crippen molar-refractivity contribution in [3.63, 3.8) is 0 Å². The quantitative estimate of drug-likeness (QED) is 0.809. The summed E-state index contributed by atoms with van der Waals surface area (Å²) in [6.07, 6.45) is 1.84. The maximum Gasteiger partial charge on any atom is 0.252 e. The summed E-state index contributed by atoms with van der Waals surface area (Å²) in [6.45, 7) is 2.01. The molecule has 0 aliphatic heterocycles. The Morgan fingerprint density at radius 1 is 1.24 bits per heavy atom. The summed E-state index contributed by atoms with van der Waals surface area (Å²) in [6, 6.07) is 15.6. The van der Waals surface area contributed by atoms with Crippen molar-refractivity contribution < 1.29 is 4.79 Å². The number of hydrogen-bond donors (Lipinski definition) is 2. The first-order valence-electron chi connectivity index (χ1n) is 6.96. The van der Waals surface area contributed by atoms with Crippen LogP contribution < -0.4 is 11.1 Å². The van der Waals surface area contributed by atoms with E-state index in [-0.39, 0.29) is 11.9 Å². The van der Waals surface area contributed by atoms with Gasteiger partial charge in [0.25, 0.3) is 5.91 Å². The Morgan fingerprint density at radius 2 is 1.95 bits per heavy atom. The molecule has 0 bridgehead atoms. The molecule has 3 N–H and O–H groups in total. The molecular weight excluding hydrogens is 328 g/mol. The average Bonchev–Trinajstić information content (AvgIpc) is 2.48. The highest BCUT2D eigenvalue weighted by Crippen LogP contribution is 2.19. The summed E-state index contributed by atoms with van der Waals surface area (Å²) in [5.74, 6) is -0.102. The standard InChI is InChI=1S/C17H19BrN2O/c1-12(7-8-13-5-3-2-4-6-13)20-17(21)15-11-14(19)9-10-16(15)18/h2-6,9-12H,7-8,19H2,1H3,(H,20,21). The van der Waals surface area contributed by atoms with Crippen LogP contribution in [-0.2, 0) is 6.42 Å². The fourth-order valence-corrected chi connectivity index (χ4v) is 2.55. The summed E-state index contributed by atoms with van der Waals surface area (Å²) < 4.78 is 0.754. The SMILES string of the molecule is CC(CCc1ccccc1)NC(=O)c1cc(N)ccc1Br. The molecule has 0 heterocycles. The van der Waals surface area contributed by atoms with Crippen molar-refractivity contribution >= 4 is 27.5 Å². The minimum atomic E-state index is -0.102. The predicted octanol–water partition coefficient (Wildman–Crippen LogP) is 3.78. The molecule has 0 fully saturated rings. The second-order valence-electron chi connectivity index (χ2n) is 5.14. The molecule has 0 saturated carbocycles. The third-order valence-electron chi connectivity index (χ3n) is 3.32. The maximum atomic E-state index is 12.2. The number of carbonyl (C=O) groups excluding carboxylic acids is 1. The van der Waals surface area contributed by atoms with Crippen LogP contribution in [0.2, 0.25) is 0 Å². The summed E-state index contributed by atoms with van der Waals surface area (Å²) >= 11 is 3.38. The van der Waals surface area contributed by atoms with Gasteiger partial charge in [-0.1, -0.05) is 30.3 Å². The van der Waals surface area contributed by atoms with Gasteiger partial charge in [0.2, 0.25) is 0 Å². The van der Waals surface area contributed by atoms with Crippen LogP contribution in [0.15, 0.2) is 53.0 Å². The van der Waals surface area contributed by atoms with E-state index >= 15 is 0 Å². The number of halogens is 1. The number of nitrogens with two attached hydrogens (primary N) is 1. The first kappa shape index (κ1) is 15.6. The number of carbonyl (C=O) groups is 1. The van der Waals surface area contributed by atoms with Crippen molar-refractivity contribution in [1.82, 2.24) is 5.32 Å². The summed E-state index contributed by atoms with van der Waals surface area (Å²) in [4.78, 5) is 12.2. The predicted molar refractivity (Wildman–Crippen MR) is 90.2 cm³/mol. The van der Waals surface area contributed by atoms with Gasteiger partial charge in [-0.2, -0.15) is 0 Å². The van der Waals surface area contributed by atoms with Crippen LogP contribution in [-0.4, -0.2) is 11.9 Å². The van der Waals surface area contributed by atoms with Crippen molar-refractivity contribution in [3.8, 4) is 0 Å². The van der Waals surface area contributed by atoms with Crippen molar-refractivity contribution in [2.45, 2.75) is 25.8 Å². The Bertz CT molecular complexity index is 613. The van der Waals surface area contributed by atoms with Crippen LogP contribution in [0.4, 0.5) is 5.69 Å². The van der Waals surface area contributed by atoms with Gasteiger partial charge in [-0.05, 0) is 59.5 Å². The minimum absolute atomic E-state index is 0.102.